The second-order valence-electron chi connectivity index (χ2n) is 4.46. The van der Waals surface area contributed by atoms with Gasteiger partial charge < -0.3 is 14.1 Å². The number of esters is 1. The Morgan fingerprint density at radius 2 is 2.47 bits per heavy atom. The van der Waals surface area contributed by atoms with E-state index in [1.165, 1.54) is 11.3 Å². The maximum absolute atomic E-state index is 11.9. The van der Waals surface area contributed by atoms with Crippen LogP contribution >= 0.6 is 0 Å². The lowest BCUT2D eigenvalue weighted by molar-refractivity contribution is -0.936. The molecule has 0 bridgehead atoms. The second kappa shape index (κ2) is 5.87. The summed E-state index contributed by atoms with van der Waals surface area (Å²) >= 11 is 0. The minimum absolute atomic E-state index is 0.0196. The minimum atomic E-state index is -0.0613. The number of likely N-dealkylation sites (tertiary alicyclic amines) is 1. The van der Waals surface area contributed by atoms with Crippen molar-refractivity contribution in [3.63, 3.8) is 0 Å². The van der Waals surface area contributed by atoms with E-state index in [4.69, 9.17) is 9.15 Å². The summed E-state index contributed by atoms with van der Waals surface area (Å²) in [6.07, 6.45) is 4.89. The standard InChI is InChI=1S/C13H19NO3/c1-2-16-13(15)12-7-3-4-8-14(12)10-11-6-5-9-17-11/h5-6,9,12H,2-4,7-8,10H2,1H3/p+1/t12-/m0/s1. The largest absolute Gasteiger partial charge is 0.463 e. The molecule has 4 heteroatoms. The summed E-state index contributed by atoms with van der Waals surface area (Å²) in [4.78, 5) is 13.1. The van der Waals surface area contributed by atoms with Crippen molar-refractivity contribution in [2.45, 2.75) is 38.8 Å². The van der Waals surface area contributed by atoms with Crippen LogP contribution in [0, 0.1) is 0 Å². The van der Waals surface area contributed by atoms with E-state index in [9.17, 15) is 4.79 Å². The number of carbonyl (C=O) groups is 1. The predicted molar refractivity (Wildman–Crippen MR) is 62.5 cm³/mol. The van der Waals surface area contributed by atoms with Crippen LogP contribution in [0.4, 0.5) is 0 Å². The van der Waals surface area contributed by atoms with Crippen molar-refractivity contribution in [1.29, 1.82) is 0 Å². The van der Waals surface area contributed by atoms with Crippen LogP contribution in [-0.4, -0.2) is 25.2 Å². The first-order chi connectivity index (χ1) is 8.31. The zero-order chi connectivity index (χ0) is 12.1. The Labute approximate surface area is 102 Å². The average molecular weight is 238 g/mol. The first kappa shape index (κ1) is 12.2. The molecule has 0 radical (unpaired) electrons. The molecule has 1 N–H and O–H groups in total. The van der Waals surface area contributed by atoms with Crippen LogP contribution in [0.2, 0.25) is 0 Å². The molecule has 1 aromatic heterocycles. The summed E-state index contributed by atoms with van der Waals surface area (Å²) in [5, 5.41) is 0. The van der Waals surface area contributed by atoms with Gasteiger partial charge in [-0.2, -0.15) is 0 Å². The molecule has 2 rings (SSSR count). The Morgan fingerprint density at radius 3 is 3.18 bits per heavy atom. The predicted octanol–water partition coefficient (Wildman–Crippen LogP) is 0.780. The van der Waals surface area contributed by atoms with Crippen molar-refractivity contribution < 1.29 is 18.8 Å². The van der Waals surface area contributed by atoms with Crippen molar-refractivity contribution in [2.24, 2.45) is 0 Å². The summed E-state index contributed by atoms with van der Waals surface area (Å²) in [7, 11) is 0. The fourth-order valence-electron chi connectivity index (χ4n) is 2.45. The Hall–Kier alpha value is -1.29. The minimum Gasteiger partial charge on any atom is -0.463 e. The molecule has 0 spiro atoms. The quantitative estimate of drug-likeness (QED) is 0.788. The SMILES string of the molecule is CCOC(=O)[C@@H]1CCCC[NH+]1Cc1ccco1. The van der Waals surface area contributed by atoms with Crippen molar-refractivity contribution in [2.75, 3.05) is 13.2 Å². The molecule has 0 amide bonds. The van der Waals surface area contributed by atoms with Gasteiger partial charge in [-0.05, 0) is 31.9 Å². The van der Waals surface area contributed by atoms with Crippen molar-refractivity contribution in [3.8, 4) is 0 Å². The van der Waals surface area contributed by atoms with Gasteiger partial charge in [0, 0.05) is 6.42 Å². The Kier molecular flexibility index (Phi) is 4.20. The van der Waals surface area contributed by atoms with Crippen molar-refractivity contribution in [1.82, 2.24) is 0 Å². The van der Waals surface area contributed by atoms with Crippen LogP contribution < -0.4 is 4.90 Å². The summed E-state index contributed by atoms with van der Waals surface area (Å²) in [5.74, 6) is 0.880. The molecular formula is C13H20NO3+. The highest BCUT2D eigenvalue weighted by atomic mass is 16.5. The number of piperidine rings is 1. The van der Waals surface area contributed by atoms with Crippen molar-refractivity contribution >= 4 is 5.97 Å². The third kappa shape index (κ3) is 3.09. The van der Waals surface area contributed by atoms with E-state index in [0.29, 0.717) is 6.61 Å². The van der Waals surface area contributed by atoms with Gasteiger partial charge in [-0.1, -0.05) is 0 Å². The van der Waals surface area contributed by atoms with E-state index >= 15 is 0 Å². The van der Waals surface area contributed by atoms with Gasteiger partial charge in [0.25, 0.3) is 0 Å². The monoisotopic (exact) mass is 238 g/mol. The Bertz CT molecular complexity index is 348. The van der Waals surface area contributed by atoms with E-state index in [-0.39, 0.29) is 12.0 Å². The van der Waals surface area contributed by atoms with Crippen LogP contribution in [0.15, 0.2) is 22.8 Å². The highest BCUT2D eigenvalue weighted by molar-refractivity contribution is 5.74. The molecule has 0 aliphatic carbocycles. The fourth-order valence-corrected chi connectivity index (χ4v) is 2.45. The van der Waals surface area contributed by atoms with Crippen LogP contribution in [0.1, 0.15) is 31.9 Å². The molecule has 0 aromatic carbocycles. The topological polar surface area (TPSA) is 43.9 Å². The molecule has 1 aliphatic heterocycles. The maximum atomic E-state index is 11.9. The number of hydrogen-bond acceptors (Lipinski definition) is 3. The molecule has 17 heavy (non-hydrogen) atoms. The molecule has 2 atom stereocenters. The Morgan fingerprint density at radius 1 is 1.59 bits per heavy atom. The highest BCUT2D eigenvalue weighted by Gasteiger charge is 2.33. The number of rotatable bonds is 4. The van der Waals surface area contributed by atoms with Crippen LogP contribution in [0.5, 0.6) is 0 Å². The first-order valence-corrected chi connectivity index (χ1v) is 6.35. The first-order valence-electron chi connectivity index (χ1n) is 6.35. The highest BCUT2D eigenvalue weighted by Crippen LogP contribution is 2.06. The lowest BCUT2D eigenvalue weighted by Gasteiger charge is -2.30. The van der Waals surface area contributed by atoms with Gasteiger partial charge in [0.2, 0.25) is 0 Å². The maximum Gasteiger partial charge on any atom is 0.364 e. The number of hydrogen-bond donors (Lipinski definition) is 1. The van der Waals surface area contributed by atoms with Gasteiger partial charge in [-0.25, -0.2) is 4.79 Å². The van der Waals surface area contributed by atoms with E-state index in [1.807, 2.05) is 19.1 Å². The van der Waals surface area contributed by atoms with Gasteiger partial charge in [0.05, 0.1) is 19.4 Å². The molecule has 2 heterocycles. The molecule has 1 unspecified atom stereocenters. The van der Waals surface area contributed by atoms with Crippen LogP contribution in [-0.2, 0) is 16.1 Å². The number of furan rings is 1. The number of ether oxygens (including phenoxy) is 1. The van der Waals surface area contributed by atoms with E-state index in [0.717, 1.165) is 31.7 Å². The fraction of sp³-hybridized carbons (Fsp3) is 0.615. The van der Waals surface area contributed by atoms with E-state index in [1.54, 1.807) is 6.26 Å². The van der Waals surface area contributed by atoms with Gasteiger partial charge in [-0.3, -0.25) is 0 Å². The summed E-state index contributed by atoms with van der Waals surface area (Å²) < 4.78 is 10.5. The second-order valence-corrected chi connectivity index (χ2v) is 4.46. The normalized spacial score (nSPS) is 24.5. The van der Waals surface area contributed by atoms with Gasteiger partial charge >= 0.3 is 5.97 Å². The molecule has 1 aromatic rings. The molecular weight excluding hydrogens is 218 g/mol. The molecule has 0 saturated carbocycles. The van der Waals surface area contributed by atoms with E-state index in [2.05, 4.69) is 0 Å². The van der Waals surface area contributed by atoms with E-state index < -0.39 is 0 Å². The zero-order valence-electron chi connectivity index (χ0n) is 10.3. The molecule has 1 aliphatic rings. The van der Waals surface area contributed by atoms with Gasteiger partial charge in [-0.15, -0.1) is 0 Å². The summed E-state index contributed by atoms with van der Waals surface area (Å²) in [6.45, 7) is 4.11. The van der Waals surface area contributed by atoms with Crippen LogP contribution in [0.25, 0.3) is 0 Å². The van der Waals surface area contributed by atoms with Crippen molar-refractivity contribution in [3.05, 3.63) is 24.2 Å². The number of carbonyl (C=O) groups excluding carboxylic acids is 1. The lowest BCUT2D eigenvalue weighted by Crippen LogP contribution is -3.16. The average Bonchev–Trinajstić information content (AvgIpc) is 2.83. The molecule has 94 valence electrons. The summed E-state index contributed by atoms with van der Waals surface area (Å²) in [5.41, 5.74) is 0. The zero-order valence-corrected chi connectivity index (χ0v) is 10.3. The number of nitrogens with one attached hydrogen (secondary N) is 1. The summed E-state index contributed by atoms with van der Waals surface area (Å²) in [6, 6.07) is 3.83. The van der Waals surface area contributed by atoms with Crippen LogP contribution in [0.3, 0.4) is 0 Å². The van der Waals surface area contributed by atoms with Gasteiger partial charge in [0.1, 0.15) is 6.54 Å². The smallest absolute Gasteiger partial charge is 0.364 e. The van der Waals surface area contributed by atoms with Gasteiger partial charge in [0.15, 0.2) is 11.8 Å². The third-order valence-electron chi connectivity index (χ3n) is 3.29. The molecule has 1 fully saturated rings. The molecule has 4 nitrogen and oxygen atoms in total. The number of quaternary nitrogens is 1. The lowest BCUT2D eigenvalue weighted by atomic mass is 10.0. The molecule has 1 saturated heterocycles. The Balaban J connectivity index is 1.99. The third-order valence-corrected chi connectivity index (χ3v) is 3.29.